The smallest absolute Gasteiger partial charge is 0.256 e. The van der Waals surface area contributed by atoms with Gasteiger partial charge in [-0.05, 0) is 17.7 Å². The fourth-order valence-electron chi connectivity index (χ4n) is 3.51. The van der Waals surface area contributed by atoms with Crippen LogP contribution in [0.15, 0.2) is 73.2 Å². The van der Waals surface area contributed by atoms with Crippen LogP contribution < -0.4 is 10.6 Å². The zero-order valence-corrected chi connectivity index (χ0v) is 17.7. The maximum Gasteiger partial charge on any atom is 0.256 e. The summed E-state index contributed by atoms with van der Waals surface area (Å²) in [5.41, 5.74) is 9.37. The standard InChI is InChI=1S/C24H21N7O2/c1-16(26-2)24(33)30(19-6-4-3-5-7-19)12-13-31-23-20(22(25)27-15-28-23)21(29-31)18-10-8-17(14-32)9-11-18/h3-11,15,32H,1,12-14H2,(H2,25,27,28). The number of anilines is 2. The first-order valence-corrected chi connectivity index (χ1v) is 10.1. The van der Waals surface area contributed by atoms with Gasteiger partial charge in [-0.3, -0.25) is 4.79 Å². The third-order valence-electron chi connectivity index (χ3n) is 5.20. The molecule has 2 heterocycles. The minimum atomic E-state index is -0.471. The SMILES string of the molecule is [C-]#[N+]C(=C)C(=O)N(CCn1nc(-c2ccc(CO)cc2)c2c(N)ncnc21)c1ccccc1. The lowest BCUT2D eigenvalue weighted by Gasteiger charge is -2.22. The van der Waals surface area contributed by atoms with Gasteiger partial charge in [0, 0.05) is 17.8 Å². The van der Waals surface area contributed by atoms with Crippen molar-refractivity contribution in [3.63, 3.8) is 0 Å². The van der Waals surface area contributed by atoms with Crippen molar-refractivity contribution in [2.24, 2.45) is 0 Å². The largest absolute Gasteiger partial charge is 0.392 e. The second-order valence-electron chi connectivity index (χ2n) is 7.24. The molecule has 0 unspecified atom stereocenters. The van der Waals surface area contributed by atoms with Crippen LogP contribution in [0.3, 0.4) is 0 Å². The van der Waals surface area contributed by atoms with Crippen molar-refractivity contribution < 1.29 is 9.90 Å². The highest BCUT2D eigenvalue weighted by atomic mass is 16.3. The van der Waals surface area contributed by atoms with Gasteiger partial charge in [0.25, 0.3) is 5.91 Å². The maximum absolute atomic E-state index is 12.8. The van der Waals surface area contributed by atoms with Crippen LogP contribution in [0.2, 0.25) is 0 Å². The van der Waals surface area contributed by atoms with Crippen molar-refractivity contribution in [3.8, 4) is 11.3 Å². The molecule has 1 amide bonds. The molecule has 9 nitrogen and oxygen atoms in total. The van der Waals surface area contributed by atoms with Crippen LogP contribution in [0.5, 0.6) is 0 Å². The molecule has 0 radical (unpaired) electrons. The molecule has 3 N–H and O–H groups in total. The Hall–Kier alpha value is -4.55. The van der Waals surface area contributed by atoms with E-state index in [4.69, 9.17) is 17.4 Å². The molecule has 0 bridgehead atoms. The van der Waals surface area contributed by atoms with Crippen molar-refractivity contribution >= 4 is 28.4 Å². The van der Waals surface area contributed by atoms with Crippen LogP contribution in [0.4, 0.5) is 11.5 Å². The number of amides is 1. The Labute approximate surface area is 190 Å². The third-order valence-corrected chi connectivity index (χ3v) is 5.20. The Balaban J connectivity index is 1.72. The number of hydrogen-bond donors (Lipinski definition) is 2. The average molecular weight is 439 g/mol. The number of nitrogen functional groups attached to an aromatic ring is 1. The Kier molecular flexibility index (Phi) is 6.11. The molecule has 0 aliphatic carbocycles. The quantitative estimate of drug-likeness (QED) is 0.338. The number of carbonyl (C=O) groups is 1. The monoisotopic (exact) mass is 439 g/mol. The molecule has 4 aromatic rings. The molecule has 9 heteroatoms. The molecule has 0 atom stereocenters. The van der Waals surface area contributed by atoms with E-state index in [0.717, 1.165) is 11.1 Å². The Morgan fingerprint density at radius 1 is 1.15 bits per heavy atom. The maximum atomic E-state index is 12.8. The predicted octanol–water partition coefficient (Wildman–Crippen LogP) is 3.03. The molecule has 0 spiro atoms. The summed E-state index contributed by atoms with van der Waals surface area (Å²) < 4.78 is 1.67. The van der Waals surface area contributed by atoms with E-state index in [9.17, 15) is 9.90 Å². The van der Waals surface area contributed by atoms with Crippen molar-refractivity contribution in [2.45, 2.75) is 13.2 Å². The lowest BCUT2D eigenvalue weighted by molar-refractivity contribution is -0.114. The topological polar surface area (TPSA) is 115 Å². The van der Waals surface area contributed by atoms with Gasteiger partial charge in [-0.15, -0.1) is 0 Å². The summed E-state index contributed by atoms with van der Waals surface area (Å²) in [6, 6.07) is 16.4. The minimum Gasteiger partial charge on any atom is -0.392 e. The second kappa shape index (κ2) is 9.30. The summed E-state index contributed by atoms with van der Waals surface area (Å²) in [6.07, 6.45) is 1.37. The zero-order valence-electron chi connectivity index (χ0n) is 17.7. The zero-order chi connectivity index (χ0) is 23.4. The first-order chi connectivity index (χ1) is 16.0. The molecule has 164 valence electrons. The van der Waals surface area contributed by atoms with Gasteiger partial charge in [0.05, 0.1) is 25.1 Å². The minimum absolute atomic E-state index is 0.0556. The molecule has 0 saturated carbocycles. The number of aliphatic hydroxyl groups is 1. The highest BCUT2D eigenvalue weighted by Gasteiger charge is 2.21. The summed E-state index contributed by atoms with van der Waals surface area (Å²) >= 11 is 0. The van der Waals surface area contributed by atoms with E-state index in [1.54, 1.807) is 16.8 Å². The van der Waals surface area contributed by atoms with Crippen LogP contribution in [0, 0.1) is 6.57 Å². The molecule has 2 aromatic carbocycles. The fraction of sp³-hybridized carbons (Fsp3) is 0.125. The Bertz CT molecular complexity index is 1360. The summed E-state index contributed by atoms with van der Waals surface area (Å²) in [5.74, 6) is -0.175. The van der Waals surface area contributed by atoms with Gasteiger partial charge in [0.2, 0.25) is 5.70 Å². The molecular formula is C24H21N7O2. The number of aromatic nitrogens is 4. The summed E-state index contributed by atoms with van der Waals surface area (Å²) in [5, 5.41) is 14.6. The Morgan fingerprint density at radius 2 is 1.88 bits per heavy atom. The summed E-state index contributed by atoms with van der Waals surface area (Å²) in [7, 11) is 0. The van der Waals surface area contributed by atoms with E-state index in [1.165, 1.54) is 11.2 Å². The highest BCUT2D eigenvalue weighted by Crippen LogP contribution is 2.30. The molecule has 2 aromatic heterocycles. The predicted molar refractivity (Wildman–Crippen MR) is 126 cm³/mol. The van der Waals surface area contributed by atoms with Crippen LogP contribution in [0.1, 0.15) is 5.56 Å². The van der Waals surface area contributed by atoms with Crippen molar-refractivity contribution in [2.75, 3.05) is 17.2 Å². The molecular weight excluding hydrogens is 418 g/mol. The van der Waals surface area contributed by atoms with E-state index < -0.39 is 5.91 Å². The summed E-state index contributed by atoms with van der Waals surface area (Å²) in [6.45, 7) is 11.2. The molecule has 33 heavy (non-hydrogen) atoms. The summed E-state index contributed by atoms with van der Waals surface area (Å²) in [4.78, 5) is 26.0. The van der Waals surface area contributed by atoms with E-state index in [0.29, 0.717) is 34.8 Å². The van der Waals surface area contributed by atoms with Gasteiger partial charge in [0.1, 0.15) is 17.8 Å². The molecule has 0 aliphatic rings. The van der Waals surface area contributed by atoms with Gasteiger partial charge >= 0.3 is 0 Å². The number of nitrogens with two attached hydrogens (primary N) is 1. The highest BCUT2D eigenvalue weighted by molar-refractivity contribution is 6.06. The van der Waals surface area contributed by atoms with Crippen molar-refractivity contribution in [3.05, 3.63) is 90.2 Å². The normalized spacial score (nSPS) is 10.7. The number of fused-ring (bicyclic) bond motifs is 1. The molecule has 0 fully saturated rings. The first kappa shape index (κ1) is 21.7. The number of nitrogens with zero attached hydrogens (tertiary/aromatic N) is 6. The third kappa shape index (κ3) is 4.28. The van der Waals surface area contributed by atoms with Crippen LogP contribution in [0.25, 0.3) is 27.1 Å². The lowest BCUT2D eigenvalue weighted by Crippen LogP contribution is -2.34. The molecule has 4 rings (SSSR count). The van der Waals surface area contributed by atoms with Crippen LogP contribution in [-0.4, -0.2) is 37.3 Å². The second-order valence-corrected chi connectivity index (χ2v) is 7.24. The van der Waals surface area contributed by atoms with Gasteiger partial charge in [-0.2, -0.15) is 5.10 Å². The first-order valence-electron chi connectivity index (χ1n) is 10.1. The number of benzene rings is 2. The number of aliphatic hydroxyl groups excluding tert-OH is 1. The number of rotatable bonds is 7. The van der Waals surface area contributed by atoms with Gasteiger partial charge < -0.3 is 15.7 Å². The molecule has 0 aliphatic heterocycles. The number of para-hydroxylation sites is 1. The van der Waals surface area contributed by atoms with Crippen LogP contribution >= 0.6 is 0 Å². The molecule has 0 saturated heterocycles. The van der Waals surface area contributed by atoms with E-state index in [1.807, 2.05) is 42.5 Å². The average Bonchev–Trinajstić information content (AvgIpc) is 3.24. The number of carbonyl (C=O) groups excluding carboxylic acids is 1. The van der Waals surface area contributed by atoms with Gasteiger partial charge in [0.15, 0.2) is 5.65 Å². The number of hydrogen-bond acceptors (Lipinski definition) is 6. The fourth-order valence-corrected chi connectivity index (χ4v) is 3.51. The Morgan fingerprint density at radius 3 is 2.55 bits per heavy atom. The van der Waals surface area contributed by atoms with Gasteiger partial charge in [-0.1, -0.05) is 49.0 Å². The van der Waals surface area contributed by atoms with Gasteiger partial charge in [-0.25, -0.2) is 19.5 Å². The van der Waals surface area contributed by atoms with E-state index in [2.05, 4.69) is 21.4 Å². The van der Waals surface area contributed by atoms with Crippen molar-refractivity contribution in [1.82, 2.24) is 19.7 Å². The lowest BCUT2D eigenvalue weighted by atomic mass is 10.1. The van der Waals surface area contributed by atoms with E-state index in [-0.39, 0.29) is 18.8 Å². The van der Waals surface area contributed by atoms with E-state index >= 15 is 0 Å². The van der Waals surface area contributed by atoms with Crippen LogP contribution in [-0.2, 0) is 17.9 Å². The van der Waals surface area contributed by atoms with Crippen molar-refractivity contribution in [1.29, 1.82) is 0 Å².